The lowest BCUT2D eigenvalue weighted by Crippen LogP contribution is -2.37. The molecule has 2 aromatic rings. The topological polar surface area (TPSA) is 53.7 Å². The highest BCUT2D eigenvalue weighted by Gasteiger charge is 2.27. The molecule has 0 aliphatic carbocycles. The highest BCUT2D eigenvalue weighted by Crippen LogP contribution is 2.23. The van der Waals surface area contributed by atoms with Gasteiger partial charge in [0.25, 0.3) is 0 Å². The summed E-state index contributed by atoms with van der Waals surface area (Å²) in [7, 11) is 0. The minimum absolute atomic E-state index is 0.251. The van der Waals surface area contributed by atoms with Crippen LogP contribution in [0.25, 0.3) is 5.65 Å². The summed E-state index contributed by atoms with van der Waals surface area (Å²) in [4.78, 5) is 2.53. The van der Waals surface area contributed by atoms with E-state index in [0.717, 1.165) is 17.9 Å². The number of pyridine rings is 1. The maximum absolute atomic E-state index is 9.59. The van der Waals surface area contributed by atoms with Gasteiger partial charge >= 0.3 is 0 Å². The van der Waals surface area contributed by atoms with Crippen molar-refractivity contribution >= 4 is 5.65 Å². The minimum atomic E-state index is 0.251. The third-order valence-electron chi connectivity index (χ3n) is 3.96. The van der Waals surface area contributed by atoms with Crippen LogP contribution in [-0.4, -0.2) is 43.2 Å². The van der Waals surface area contributed by atoms with E-state index >= 15 is 0 Å². The molecule has 0 amide bonds. The highest BCUT2D eigenvalue weighted by molar-refractivity contribution is 5.41. The van der Waals surface area contributed by atoms with Crippen LogP contribution >= 0.6 is 0 Å². The molecule has 1 saturated heterocycles. The van der Waals surface area contributed by atoms with Crippen molar-refractivity contribution in [2.45, 2.75) is 45.2 Å². The maximum atomic E-state index is 9.59. The Bertz CT molecular complexity index is 578. The average molecular weight is 260 g/mol. The van der Waals surface area contributed by atoms with Crippen LogP contribution in [0.5, 0.6) is 5.75 Å². The predicted molar refractivity (Wildman–Crippen MR) is 73.2 cm³/mol. The monoisotopic (exact) mass is 260 g/mol. The van der Waals surface area contributed by atoms with Gasteiger partial charge in [-0.05, 0) is 45.4 Å². The summed E-state index contributed by atoms with van der Waals surface area (Å²) in [5.74, 6) is 1.18. The van der Waals surface area contributed by atoms with Gasteiger partial charge < -0.3 is 5.11 Å². The van der Waals surface area contributed by atoms with Crippen molar-refractivity contribution in [2.75, 3.05) is 6.54 Å². The van der Waals surface area contributed by atoms with Crippen molar-refractivity contribution in [2.24, 2.45) is 0 Å². The second-order valence-electron chi connectivity index (χ2n) is 5.56. The Hall–Kier alpha value is -1.62. The number of likely N-dealkylation sites (tertiary alicyclic amines) is 1. The van der Waals surface area contributed by atoms with Gasteiger partial charge in [0.2, 0.25) is 0 Å². The van der Waals surface area contributed by atoms with Gasteiger partial charge in [0.1, 0.15) is 11.6 Å². The third-order valence-corrected chi connectivity index (χ3v) is 3.96. The quantitative estimate of drug-likeness (QED) is 0.915. The number of fused-ring (bicyclic) bond motifs is 1. The molecule has 1 fully saturated rings. The Labute approximate surface area is 112 Å². The maximum Gasteiger partial charge on any atom is 0.161 e. The molecule has 0 radical (unpaired) electrons. The second-order valence-corrected chi connectivity index (χ2v) is 5.56. The predicted octanol–water partition coefficient (Wildman–Crippen LogP) is 1.85. The zero-order chi connectivity index (χ0) is 13.4. The Kier molecular flexibility index (Phi) is 3.14. The molecular formula is C14H20N4O. The van der Waals surface area contributed by atoms with E-state index in [1.54, 1.807) is 18.3 Å². The van der Waals surface area contributed by atoms with Crippen molar-refractivity contribution in [1.29, 1.82) is 0 Å². The summed E-state index contributed by atoms with van der Waals surface area (Å²) in [6, 6.07) is 4.54. The van der Waals surface area contributed by atoms with Crippen molar-refractivity contribution in [3.63, 3.8) is 0 Å². The second kappa shape index (κ2) is 4.81. The molecule has 3 rings (SSSR count). The van der Waals surface area contributed by atoms with Gasteiger partial charge in [0.15, 0.2) is 5.65 Å². The van der Waals surface area contributed by atoms with E-state index in [4.69, 9.17) is 0 Å². The van der Waals surface area contributed by atoms with Gasteiger partial charge in [-0.15, -0.1) is 10.2 Å². The van der Waals surface area contributed by atoms with Crippen molar-refractivity contribution in [1.82, 2.24) is 19.5 Å². The van der Waals surface area contributed by atoms with E-state index in [-0.39, 0.29) is 5.75 Å². The third kappa shape index (κ3) is 2.30. The first kappa shape index (κ1) is 12.4. The molecule has 1 atom stereocenters. The lowest BCUT2D eigenvalue weighted by atomic mass is 10.1. The summed E-state index contributed by atoms with van der Waals surface area (Å²) >= 11 is 0. The molecule has 1 unspecified atom stereocenters. The Balaban J connectivity index is 1.87. The van der Waals surface area contributed by atoms with Crippen LogP contribution < -0.4 is 0 Å². The summed E-state index contributed by atoms with van der Waals surface area (Å²) in [6.45, 7) is 5.66. The fourth-order valence-electron chi connectivity index (χ4n) is 3.03. The normalized spacial score (nSPS) is 20.7. The Morgan fingerprint density at radius 2 is 2.21 bits per heavy atom. The fourth-order valence-corrected chi connectivity index (χ4v) is 3.03. The van der Waals surface area contributed by atoms with E-state index < -0.39 is 0 Å². The van der Waals surface area contributed by atoms with Gasteiger partial charge in [-0.25, -0.2) is 0 Å². The smallest absolute Gasteiger partial charge is 0.161 e. The van der Waals surface area contributed by atoms with Crippen LogP contribution in [0.15, 0.2) is 18.3 Å². The molecule has 5 heteroatoms. The lowest BCUT2D eigenvalue weighted by Gasteiger charge is -2.27. The number of hydrogen-bond acceptors (Lipinski definition) is 4. The molecule has 0 aromatic carbocycles. The van der Waals surface area contributed by atoms with Gasteiger partial charge in [0.05, 0.1) is 6.20 Å². The van der Waals surface area contributed by atoms with E-state index in [2.05, 4.69) is 28.9 Å². The molecule has 2 aromatic heterocycles. The SMILES string of the molecule is CC(C)N1CCCC1Cc1nnc2ccc(O)cn12. The van der Waals surface area contributed by atoms with E-state index in [0.29, 0.717) is 12.1 Å². The fraction of sp³-hybridized carbons (Fsp3) is 0.571. The van der Waals surface area contributed by atoms with Crippen LogP contribution in [0.1, 0.15) is 32.5 Å². The Morgan fingerprint density at radius 3 is 3.00 bits per heavy atom. The molecule has 1 aliphatic rings. The molecule has 102 valence electrons. The standard InChI is InChI=1S/C14H20N4O/c1-10(2)17-7-3-4-11(17)8-14-16-15-13-6-5-12(19)9-18(13)14/h5-6,9-11,19H,3-4,7-8H2,1-2H3. The average Bonchev–Trinajstić information content (AvgIpc) is 2.97. The number of rotatable bonds is 3. The van der Waals surface area contributed by atoms with Crippen LogP contribution in [-0.2, 0) is 6.42 Å². The first-order valence-corrected chi connectivity index (χ1v) is 6.93. The lowest BCUT2D eigenvalue weighted by molar-refractivity contribution is 0.200. The number of hydrogen-bond donors (Lipinski definition) is 1. The van der Waals surface area contributed by atoms with Gasteiger partial charge in [0, 0.05) is 18.5 Å². The number of nitrogens with zero attached hydrogens (tertiary/aromatic N) is 4. The summed E-state index contributed by atoms with van der Waals surface area (Å²) in [6.07, 6.45) is 5.05. The largest absolute Gasteiger partial charge is 0.506 e. The highest BCUT2D eigenvalue weighted by atomic mass is 16.3. The van der Waals surface area contributed by atoms with Gasteiger partial charge in [-0.2, -0.15) is 0 Å². The molecule has 0 bridgehead atoms. The molecule has 5 nitrogen and oxygen atoms in total. The zero-order valence-electron chi connectivity index (χ0n) is 11.5. The van der Waals surface area contributed by atoms with Crippen molar-refractivity contribution in [3.05, 3.63) is 24.2 Å². The number of aromatic nitrogens is 3. The van der Waals surface area contributed by atoms with E-state index in [1.165, 1.54) is 19.4 Å². The molecule has 3 heterocycles. The van der Waals surface area contributed by atoms with Crippen LogP contribution in [0.4, 0.5) is 0 Å². The number of aromatic hydroxyl groups is 1. The summed E-state index contributed by atoms with van der Waals surface area (Å²) in [5.41, 5.74) is 0.793. The minimum Gasteiger partial charge on any atom is -0.506 e. The van der Waals surface area contributed by atoms with Gasteiger partial charge in [-0.3, -0.25) is 9.30 Å². The molecule has 0 spiro atoms. The summed E-state index contributed by atoms with van der Waals surface area (Å²) < 4.78 is 1.90. The van der Waals surface area contributed by atoms with Crippen LogP contribution in [0.3, 0.4) is 0 Å². The molecule has 19 heavy (non-hydrogen) atoms. The first-order valence-electron chi connectivity index (χ1n) is 6.93. The molecular weight excluding hydrogens is 240 g/mol. The summed E-state index contributed by atoms with van der Waals surface area (Å²) in [5, 5.41) is 18.0. The molecule has 1 N–H and O–H groups in total. The van der Waals surface area contributed by atoms with Crippen LogP contribution in [0.2, 0.25) is 0 Å². The van der Waals surface area contributed by atoms with E-state index in [1.807, 2.05) is 4.40 Å². The Morgan fingerprint density at radius 1 is 1.37 bits per heavy atom. The van der Waals surface area contributed by atoms with E-state index in [9.17, 15) is 5.11 Å². The van der Waals surface area contributed by atoms with Crippen LogP contribution in [0, 0.1) is 0 Å². The van der Waals surface area contributed by atoms with Crippen molar-refractivity contribution in [3.8, 4) is 5.75 Å². The molecule has 1 aliphatic heterocycles. The first-order chi connectivity index (χ1) is 9.15. The molecule has 0 saturated carbocycles. The van der Waals surface area contributed by atoms with Gasteiger partial charge in [-0.1, -0.05) is 0 Å². The zero-order valence-corrected chi connectivity index (χ0v) is 11.5. The van der Waals surface area contributed by atoms with Crippen molar-refractivity contribution < 1.29 is 5.11 Å².